The average molecular weight is 511 g/mol. The van der Waals surface area contributed by atoms with Crippen LogP contribution >= 0.6 is 7.82 Å². The molecule has 0 saturated heterocycles. The Bertz CT molecular complexity index is 540. The minimum atomic E-state index is -4.24. The van der Waals surface area contributed by atoms with Gasteiger partial charge in [-0.2, -0.15) is 0 Å². The number of phosphoric acid groups is 1. The number of rotatable bonds is 24. The van der Waals surface area contributed by atoms with E-state index in [1.807, 2.05) is 21.1 Å². The Hall–Kier alpha value is -0.500. The van der Waals surface area contributed by atoms with Crippen LogP contribution in [-0.2, 0) is 23.1 Å². The van der Waals surface area contributed by atoms with Crippen molar-refractivity contribution in [3.05, 3.63) is 0 Å². The maximum Gasteiger partial charge on any atom is 0.472 e. The van der Waals surface area contributed by atoms with Crippen LogP contribution in [0.25, 0.3) is 0 Å². The molecular weight excluding hydrogens is 457 g/mol. The summed E-state index contributed by atoms with van der Waals surface area (Å²) < 4.78 is 27.0. The van der Waals surface area contributed by atoms with Crippen LogP contribution in [0, 0.1) is 0 Å². The highest BCUT2D eigenvalue weighted by atomic mass is 31.2. The molecule has 9 heteroatoms. The van der Waals surface area contributed by atoms with E-state index in [1.165, 1.54) is 70.6 Å². The van der Waals surface area contributed by atoms with Gasteiger partial charge in [0, 0.05) is 6.42 Å². The van der Waals surface area contributed by atoms with Crippen molar-refractivity contribution in [3.63, 3.8) is 0 Å². The van der Waals surface area contributed by atoms with Crippen molar-refractivity contribution in [1.29, 1.82) is 0 Å². The number of esters is 1. The molecule has 8 nitrogen and oxygen atoms in total. The number of carbonyl (C=O) groups excluding carboxylic acids is 1. The molecule has 0 aromatic rings. The molecule has 0 spiro atoms. The van der Waals surface area contributed by atoms with Crippen molar-refractivity contribution in [2.45, 2.75) is 109 Å². The summed E-state index contributed by atoms with van der Waals surface area (Å²) in [5.41, 5.74) is 0. The largest absolute Gasteiger partial charge is 0.472 e. The Morgan fingerprint density at radius 2 is 1.26 bits per heavy atom. The minimum absolute atomic E-state index is 0.0571. The van der Waals surface area contributed by atoms with Gasteiger partial charge in [-0.25, -0.2) is 4.57 Å². The molecule has 0 saturated carbocycles. The fourth-order valence-corrected chi connectivity index (χ4v) is 4.17. The van der Waals surface area contributed by atoms with Crippen LogP contribution in [0.2, 0.25) is 0 Å². The van der Waals surface area contributed by atoms with Crippen LogP contribution < -0.4 is 0 Å². The zero-order chi connectivity index (χ0) is 25.7. The summed E-state index contributed by atoms with van der Waals surface area (Å²) in [6.45, 7) is 2.14. The zero-order valence-corrected chi connectivity index (χ0v) is 23.2. The van der Waals surface area contributed by atoms with E-state index >= 15 is 0 Å². The smallest absolute Gasteiger partial charge is 0.463 e. The van der Waals surface area contributed by atoms with E-state index in [1.54, 1.807) is 0 Å². The standard InChI is InChI=1S/C25H52NO7P/c1-5-6-7-8-9-10-11-12-13-14-15-16-17-18-19-25(28)31-22-24(27)23-33-34(29,30)32-21-20-26(2,3)4/h24,27H,5-23H2,1-4H3/p+1. The Labute approximate surface area is 208 Å². The fourth-order valence-electron chi connectivity index (χ4n) is 3.42. The Balaban J connectivity index is 3.55. The first-order valence-corrected chi connectivity index (χ1v) is 14.8. The van der Waals surface area contributed by atoms with Gasteiger partial charge in [-0.1, -0.05) is 90.4 Å². The Kier molecular flexibility index (Phi) is 20.4. The van der Waals surface area contributed by atoms with Gasteiger partial charge in [-0.15, -0.1) is 0 Å². The van der Waals surface area contributed by atoms with Crippen molar-refractivity contribution in [1.82, 2.24) is 0 Å². The maximum atomic E-state index is 11.8. The van der Waals surface area contributed by atoms with Crippen LogP contribution in [0.5, 0.6) is 0 Å². The quantitative estimate of drug-likeness (QED) is 0.0754. The molecule has 2 N–H and O–H groups in total. The first kappa shape index (κ1) is 33.5. The molecule has 2 atom stereocenters. The molecule has 0 fully saturated rings. The summed E-state index contributed by atoms with van der Waals surface area (Å²) in [5, 5.41) is 9.82. The molecule has 0 aliphatic rings. The highest BCUT2D eigenvalue weighted by Crippen LogP contribution is 2.43. The first-order chi connectivity index (χ1) is 16.1. The number of carbonyl (C=O) groups is 1. The van der Waals surface area contributed by atoms with E-state index in [4.69, 9.17) is 13.8 Å². The van der Waals surface area contributed by atoms with Gasteiger partial charge < -0.3 is 19.2 Å². The highest BCUT2D eigenvalue weighted by Gasteiger charge is 2.24. The van der Waals surface area contributed by atoms with E-state index in [2.05, 4.69) is 6.92 Å². The van der Waals surface area contributed by atoms with Crippen molar-refractivity contribution < 1.29 is 37.6 Å². The number of ether oxygens (including phenoxy) is 1. The van der Waals surface area contributed by atoms with Gasteiger partial charge in [0.1, 0.15) is 25.9 Å². The summed E-state index contributed by atoms with van der Waals surface area (Å²) >= 11 is 0. The SMILES string of the molecule is CCCCCCCCCCCCCCCCC(=O)OCC(O)COP(=O)(O)OCC[N+](C)(C)C. The topological polar surface area (TPSA) is 102 Å². The summed E-state index contributed by atoms with van der Waals surface area (Å²) in [6, 6.07) is 0. The summed E-state index contributed by atoms with van der Waals surface area (Å²) in [6.07, 6.45) is 16.7. The molecule has 34 heavy (non-hydrogen) atoms. The summed E-state index contributed by atoms with van der Waals surface area (Å²) in [5.74, 6) is -0.371. The van der Waals surface area contributed by atoms with E-state index < -0.39 is 20.5 Å². The monoisotopic (exact) mass is 510 g/mol. The van der Waals surface area contributed by atoms with Crippen LogP contribution in [-0.4, -0.2) is 74.1 Å². The van der Waals surface area contributed by atoms with Gasteiger partial charge in [0.15, 0.2) is 0 Å². The number of unbranched alkanes of at least 4 members (excludes halogenated alkanes) is 13. The predicted octanol–water partition coefficient (Wildman–Crippen LogP) is 5.60. The zero-order valence-electron chi connectivity index (χ0n) is 22.3. The van der Waals surface area contributed by atoms with Gasteiger partial charge in [0.05, 0.1) is 27.7 Å². The third-order valence-corrected chi connectivity index (χ3v) is 6.60. The number of aliphatic hydroxyl groups excluding tert-OH is 1. The van der Waals surface area contributed by atoms with Crippen LogP contribution in [0.3, 0.4) is 0 Å². The molecular formula is C25H53NO7P+. The lowest BCUT2D eigenvalue weighted by atomic mass is 10.0. The number of hydrogen-bond acceptors (Lipinski definition) is 6. The minimum Gasteiger partial charge on any atom is -0.463 e. The highest BCUT2D eigenvalue weighted by molar-refractivity contribution is 7.47. The fraction of sp³-hybridized carbons (Fsp3) is 0.960. The average Bonchev–Trinajstić information content (AvgIpc) is 2.75. The lowest BCUT2D eigenvalue weighted by molar-refractivity contribution is -0.870. The molecule has 0 aliphatic carbocycles. The van der Waals surface area contributed by atoms with Gasteiger partial charge >= 0.3 is 13.8 Å². The van der Waals surface area contributed by atoms with E-state index in [0.717, 1.165) is 19.3 Å². The number of quaternary nitrogens is 1. The van der Waals surface area contributed by atoms with Crippen molar-refractivity contribution in [2.75, 3.05) is 47.5 Å². The molecule has 0 amide bonds. The van der Waals surface area contributed by atoms with Crippen LogP contribution in [0.15, 0.2) is 0 Å². The predicted molar refractivity (Wildman–Crippen MR) is 137 cm³/mol. The number of aliphatic hydroxyl groups is 1. The molecule has 0 radical (unpaired) electrons. The molecule has 204 valence electrons. The normalized spacial score (nSPS) is 14.6. The van der Waals surface area contributed by atoms with Crippen molar-refractivity contribution in [3.8, 4) is 0 Å². The lowest BCUT2D eigenvalue weighted by Gasteiger charge is -2.24. The van der Waals surface area contributed by atoms with Gasteiger partial charge in [-0.3, -0.25) is 13.8 Å². The molecule has 0 rings (SSSR count). The van der Waals surface area contributed by atoms with Gasteiger partial charge in [0.2, 0.25) is 0 Å². The molecule has 0 bridgehead atoms. The van der Waals surface area contributed by atoms with Gasteiger partial charge in [-0.05, 0) is 6.42 Å². The van der Waals surface area contributed by atoms with Crippen molar-refractivity contribution >= 4 is 13.8 Å². The van der Waals surface area contributed by atoms with E-state index in [9.17, 15) is 19.4 Å². The second kappa shape index (κ2) is 20.7. The number of likely N-dealkylation sites (N-methyl/N-ethyl adjacent to an activating group) is 1. The maximum absolute atomic E-state index is 11.8. The second-order valence-corrected chi connectivity index (χ2v) is 11.7. The Morgan fingerprint density at radius 1 is 0.794 bits per heavy atom. The first-order valence-electron chi connectivity index (χ1n) is 13.3. The third kappa shape index (κ3) is 24.6. The lowest BCUT2D eigenvalue weighted by Crippen LogP contribution is -2.37. The third-order valence-electron chi connectivity index (χ3n) is 5.62. The van der Waals surface area contributed by atoms with E-state index in [-0.39, 0.29) is 19.2 Å². The number of hydrogen-bond donors (Lipinski definition) is 2. The van der Waals surface area contributed by atoms with Crippen molar-refractivity contribution in [2.24, 2.45) is 0 Å². The second-order valence-electron chi connectivity index (χ2n) is 10.3. The molecule has 0 aromatic carbocycles. The molecule has 0 aliphatic heterocycles. The molecule has 0 heterocycles. The number of phosphoric ester groups is 1. The van der Waals surface area contributed by atoms with Crippen LogP contribution in [0.4, 0.5) is 0 Å². The van der Waals surface area contributed by atoms with E-state index in [0.29, 0.717) is 17.4 Å². The Morgan fingerprint density at radius 3 is 1.74 bits per heavy atom. The summed E-state index contributed by atoms with van der Waals surface area (Å²) in [7, 11) is 1.57. The molecule has 0 aromatic heterocycles. The van der Waals surface area contributed by atoms with Crippen LogP contribution in [0.1, 0.15) is 103 Å². The van der Waals surface area contributed by atoms with Gasteiger partial charge in [0.25, 0.3) is 0 Å². The number of nitrogens with zero attached hydrogens (tertiary/aromatic N) is 1. The molecule has 2 unspecified atom stereocenters. The summed E-state index contributed by atoms with van der Waals surface area (Å²) in [4.78, 5) is 21.4.